The van der Waals surface area contributed by atoms with Gasteiger partial charge in [0, 0.05) is 45.5 Å². The van der Waals surface area contributed by atoms with Gasteiger partial charge >= 0.3 is 0 Å². The zero-order chi connectivity index (χ0) is 17.3. The lowest BCUT2D eigenvalue weighted by molar-refractivity contribution is -0.129. The second-order valence-corrected chi connectivity index (χ2v) is 7.20. The molecule has 6 nitrogen and oxygen atoms in total. The number of pyridine rings is 1. The fraction of sp³-hybridized carbons (Fsp3) is 0.611. The van der Waals surface area contributed by atoms with Gasteiger partial charge in [0.25, 0.3) is 5.91 Å². The van der Waals surface area contributed by atoms with Gasteiger partial charge in [0.15, 0.2) is 0 Å². The number of hydrogen-bond acceptors (Lipinski definition) is 4. The van der Waals surface area contributed by atoms with E-state index in [1.54, 1.807) is 25.1 Å². The van der Waals surface area contributed by atoms with Crippen molar-refractivity contribution >= 4 is 11.8 Å². The highest BCUT2D eigenvalue weighted by Crippen LogP contribution is 2.29. The van der Waals surface area contributed by atoms with Gasteiger partial charge in [0.2, 0.25) is 5.91 Å². The minimum atomic E-state index is 0.0224. The molecule has 0 aliphatic carbocycles. The molecule has 24 heavy (non-hydrogen) atoms. The predicted octanol–water partition coefficient (Wildman–Crippen LogP) is 1.01. The maximum absolute atomic E-state index is 12.9. The van der Waals surface area contributed by atoms with Gasteiger partial charge in [0.1, 0.15) is 5.69 Å². The highest BCUT2D eigenvalue weighted by atomic mass is 16.2. The zero-order valence-electron chi connectivity index (χ0n) is 14.7. The summed E-state index contributed by atoms with van der Waals surface area (Å²) >= 11 is 0. The van der Waals surface area contributed by atoms with E-state index in [9.17, 15) is 9.59 Å². The van der Waals surface area contributed by atoms with Crippen LogP contribution in [0.25, 0.3) is 0 Å². The molecule has 1 aromatic heterocycles. The second-order valence-electron chi connectivity index (χ2n) is 7.20. The number of aromatic nitrogens is 1. The van der Waals surface area contributed by atoms with Gasteiger partial charge in [-0.2, -0.15) is 0 Å². The van der Waals surface area contributed by atoms with Gasteiger partial charge in [0.05, 0.1) is 6.54 Å². The summed E-state index contributed by atoms with van der Waals surface area (Å²) in [7, 11) is 3.57. The van der Waals surface area contributed by atoms with Crippen molar-refractivity contribution in [3.63, 3.8) is 0 Å². The minimum Gasteiger partial charge on any atom is -0.348 e. The topological polar surface area (TPSA) is 56.8 Å². The van der Waals surface area contributed by atoms with Crippen molar-refractivity contribution in [3.8, 4) is 0 Å². The van der Waals surface area contributed by atoms with E-state index < -0.39 is 0 Å². The predicted molar refractivity (Wildman–Crippen MR) is 91.7 cm³/mol. The van der Waals surface area contributed by atoms with Crippen molar-refractivity contribution in [1.29, 1.82) is 0 Å². The summed E-state index contributed by atoms with van der Waals surface area (Å²) in [5.41, 5.74) is 1.39. The molecule has 3 fully saturated rings. The van der Waals surface area contributed by atoms with Crippen LogP contribution >= 0.6 is 0 Å². The quantitative estimate of drug-likeness (QED) is 0.830. The standard InChI is InChI=1S/C18H26N4O2/c1-13-5-4-6-16(19-13)18(24)22-10-14-7-8-15(22)11-21(9-14)12-17(23)20(2)3/h4-6,14-15H,7-12H2,1-3H3/t14-,15+/m1/s1. The van der Waals surface area contributed by atoms with Gasteiger partial charge in [-0.3, -0.25) is 14.5 Å². The van der Waals surface area contributed by atoms with Crippen molar-refractivity contribution in [2.75, 3.05) is 40.3 Å². The van der Waals surface area contributed by atoms with Crippen molar-refractivity contribution < 1.29 is 9.59 Å². The molecule has 0 N–H and O–H groups in total. The first-order valence-electron chi connectivity index (χ1n) is 8.61. The number of carbonyl (C=O) groups excluding carboxylic acids is 2. The van der Waals surface area contributed by atoms with E-state index in [0.717, 1.165) is 38.2 Å². The summed E-state index contributed by atoms with van der Waals surface area (Å²) in [6.45, 7) is 4.77. The van der Waals surface area contributed by atoms with Crippen molar-refractivity contribution in [2.24, 2.45) is 5.92 Å². The molecule has 3 aliphatic rings. The SMILES string of the molecule is Cc1cccc(C(=O)N2C[C@@H]3CC[C@H]2CN(CC(=O)N(C)C)C3)n1. The molecule has 1 aromatic rings. The van der Waals surface area contributed by atoms with E-state index in [-0.39, 0.29) is 17.9 Å². The Balaban J connectivity index is 1.73. The monoisotopic (exact) mass is 330 g/mol. The van der Waals surface area contributed by atoms with Crippen LogP contribution in [-0.4, -0.2) is 77.8 Å². The minimum absolute atomic E-state index is 0.0224. The molecule has 2 bridgehead atoms. The molecule has 4 rings (SSSR count). The zero-order valence-corrected chi connectivity index (χ0v) is 14.7. The van der Waals surface area contributed by atoms with E-state index in [4.69, 9.17) is 0 Å². The van der Waals surface area contributed by atoms with E-state index in [1.807, 2.05) is 24.0 Å². The van der Waals surface area contributed by atoms with Crippen LogP contribution in [0.4, 0.5) is 0 Å². The van der Waals surface area contributed by atoms with Crippen LogP contribution < -0.4 is 0 Å². The van der Waals surface area contributed by atoms with Crippen molar-refractivity contribution in [2.45, 2.75) is 25.8 Å². The number of fused-ring (bicyclic) bond motifs is 4. The number of amides is 2. The Bertz CT molecular complexity index is 631. The van der Waals surface area contributed by atoms with Gasteiger partial charge in [-0.25, -0.2) is 4.98 Å². The average Bonchev–Trinajstić information content (AvgIpc) is 2.84. The lowest BCUT2D eigenvalue weighted by atomic mass is 9.94. The number of rotatable bonds is 3. The van der Waals surface area contributed by atoms with Crippen LogP contribution in [0.5, 0.6) is 0 Å². The van der Waals surface area contributed by atoms with E-state index in [0.29, 0.717) is 18.2 Å². The first kappa shape index (κ1) is 16.9. The maximum Gasteiger partial charge on any atom is 0.272 e. The largest absolute Gasteiger partial charge is 0.348 e. The normalized spacial score (nSPS) is 23.9. The van der Waals surface area contributed by atoms with Crippen molar-refractivity contribution in [3.05, 3.63) is 29.6 Å². The molecule has 6 heteroatoms. The fourth-order valence-electron chi connectivity index (χ4n) is 3.70. The highest BCUT2D eigenvalue weighted by Gasteiger charge is 2.38. The first-order chi connectivity index (χ1) is 11.4. The molecule has 0 aromatic carbocycles. The number of piperidine rings is 1. The summed E-state index contributed by atoms with van der Waals surface area (Å²) in [5.74, 6) is 0.580. The van der Waals surface area contributed by atoms with Crippen molar-refractivity contribution in [1.82, 2.24) is 19.7 Å². The summed E-state index contributed by atoms with van der Waals surface area (Å²) < 4.78 is 0. The molecule has 3 aliphatic heterocycles. The highest BCUT2D eigenvalue weighted by molar-refractivity contribution is 5.92. The molecule has 0 radical (unpaired) electrons. The van der Waals surface area contributed by atoms with Crippen LogP contribution in [0.2, 0.25) is 0 Å². The second kappa shape index (κ2) is 6.89. The Morgan fingerprint density at radius 3 is 2.71 bits per heavy atom. The Hall–Kier alpha value is -1.95. The third-order valence-electron chi connectivity index (χ3n) is 5.02. The Labute approximate surface area is 143 Å². The third-order valence-corrected chi connectivity index (χ3v) is 5.02. The van der Waals surface area contributed by atoms with E-state index >= 15 is 0 Å². The summed E-state index contributed by atoms with van der Waals surface area (Å²) in [4.78, 5) is 35.1. The average molecular weight is 330 g/mol. The number of carbonyl (C=O) groups is 2. The molecular weight excluding hydrogens is 304 g/mol. The smallest absolute Gasteiger partial charge is 0.272 e. The molecule has 0 spiro atoms. The van der Waals surface area contributed by atoms with Crippen LogP contribution in [0.1, 0.15) is 29.0 Å². The molecule has 2 amide bonds. The molecule has 3 saturated heterocycles. The van der Waals surface area contributed by atoms with Gasteiger partial charge in [-0.05, 0) is 37.8 Å². The van der Waals surface area contributed by atoms with Crippen LogP contribution in [0.3, 0.4) is 0 Å². The third kappa shape index (κ3) is 3.59. The molecule has 130 valence electrons. The van der Waals surface area contributed by atoms with E-state index in [1.165, 1.54) is 0 Å². The maximum atomic E-state index is 12.9. The van der Waals surface area contributed by atoms with Crippen LogP contribution in [0.15, 0.2) is 18.2 Å². The summed E-state index contributed by atoms with van der Waals surface area (Å²) in [6, 6.07) is 5.75. The Morgan fingerprint density at radius 2 is 2.00 bits per heavy atom. The Kier molecular flexibility index (Phi) is 4.85. The van der Waals surface area contributed by atoms with Crippen LogP contribution in [0, 0.1) is 12.8 Å². The molecule has 2 atom stereocenters. The Morgan fingerprint density at radius 1 is 1.21 bits per heavy atom. The molecule has 0 saturated carbocycles. The molecule has 4 heterocycles. The number of likely N-dealkylation sites (N-methyl/N-ethyl adjacent to an activating group) is 1. The molecule has 0 unspecified atom stereocenters. The van der Waals surface area contributed by atoms with Gasteiger partial charge in [-0.15, -0.1) is 0 Å². The van der Waals surface area contributed by atoms with E-state index in [2.05, 4.69) is 9.88 Å². The number of aryl methyl sites for hydroxylation is 1. The first-order valence-corrected chi connectivity index (χ1v) is 8.61. The summed E-state index contributed by atoms with van der Waals surface area (Å²) in [6.07, 6.45) is 2.14. The van der Waals surface area contributed by atoms with Gasteiger partial charge in [-0.1, -0.05) is 6.07 Å². The number of hydrogen-bond donors (Lipinski definition) is 0. The summed E-state index contributed by atoms with van der Waals surface area (Å²) in [5, 5.41) is 0. The van der Waals surface area contributed by atoms with Gasteiger partial charge < -0.3 is 9.80 Å². The lowest BCUT2D eigenvalue weighted by Gasteiger charge is -2.36. The number of nitrogens with zero attached hydrogens (tertiary/aromatic N) is 4. The lowest BCUT2D eigenvalue weighted by Crippen LogP contribution is -2.48. The molecular formula is C18H26N4O2. The fourth-order valence-corrected chi connectivity index (χ4v) is 3.70. The van der Waals surface area contributed by atoms with Crippen LogP contribution in [-0.2, 0) is 4.79 Å².